The van der Waals surface area contributed by atoms with Crippen molar-refractivity contribution in [2.24, 2.45) is 5.41 Å². The van der Waals surface area contributed by atoms with Crippen molar-refractivity contribution < 1.29 is 4.52 Å². The average Bonchev–Trinajstić information content (AvgIpc) is 2.85. The van der Waals surface area contributed by atoms with E-state index >= 15 is 0 Å². The van der Waals surface area contributed by atoms with Crippen LogP contribution in [0.15, 0.2) is 34.9 Å². The molecule has 1 heterocycles. The molecule has 1 aromatic heterocycles. The summed E-state index contributed by atoms with van der Waals surface area (Å²) in [6, 6.07) is 10.4. The second-order valence-corrected chi connectivity index (χ2v) is 6.70. The molecule has 20 heavy (non-hydrogen) atoms. The molecule has 0 amide bonds. The van der Waals surface area contributed by atoms with Crippen LogP contribution >= 0.6 is 0 Å². The summed E-state index contributed by atoms with van der Waals surface area (Å²) in [6.07, 6.45) is 5.20. The molecule has 1 unspecified atom stereocenters. The highest BCUT2D eigenvalue weighted by Crippen LogP contribution is 2.43. The molecule has 3 heteroatoms. The van der Waals surface area contributed by atoms with E-state index in [4.69, 9.17) is 10.3 Å². The van der Waals surface area contributed by atoms with Crippen LogP contribution < -0.4 is 5.73 Å². The van der Waals surface area contributed by atoms with Gasteiger partial charge in [0.1, 0.15) is 5.69 Å². The molecule has 1 fully saturated rings. The molecule has 0 aliphatic heterocycles. The summed E-state index contributed by atoms with van der Waals surface area (Å²) in [5, 5.41) is 4.00. The summed E-state index contributed by atoms with van der Waals surface area (Å²) in [4.78, 5) is 0. The SMILES string of the molecule is CC1(C)CCCC(c2cccc(-c3cc(N)on3)c2)C1. The van der Waals surface area contributed by atoms with E-state index in [9.17, 15) is 0 Å². The highest BCUT2D eigenvalue weighted by Gasteiger charge is 2.28. The van der Waals surface area contributed by atoms with E-state index in [0.717, 1.165) is 11.3 Å². The molecule has 1 aromatic carbocycles. The van der Waals surface area contributed by atoms with Crippen LogP contribution in [0, 0.1) is 5.41 Å². The number of nitrogens with two attached hydrogens (primary N) is 1. The summed E-state index contributed by atoms with van der Waals surface area (Å²) in [7, 11) is 0. The van der Waals surface area contributed by atoms with E-state index < -0.39 is 0 Å². The van der Waals surface area contributed by atoms with Gasteiger partial charge in [0.05, 0.1) is 0 Å². The molecular formula is C17H22N2O. The van der Waals surface area contributed by atoms with E-state index in [1.165, 1.54) is 31.2 Å². The standard InChI is InChI=1S/C17H22N2O/c1-17(2)8-4-7-14(11-17)12-5-3-6-13(9-12)15-10-16(18)20-19-15/h3,5-6,9-10,14H,4,7-8,11,18H2,1-2H3. The third-order valence-corrected chi connectivity index (χ3v) is 4.39. The van der Waals surface area contributed by atoms with Gasteiger partial charge in [0.25, 0.3) is 0 Å². The maximum absolute atomic E-state index is 5.60. The van der Waals surface area contributed by atoms with Gasteiger partial charge in [0, 0.05) is 11.6 Å². The second kappa shape index (κ2) is 4.97. The third kappa shape index (κ3) is 2.72. The van der Waals surface area contributed by atoms with Crippen LogP contribution in [0.5, 0.6) is 0 Å². The number of benzene rings is 1. The third-order valence-electron chi connectivity index (χ3n) is 4.39. The molecule has 1 saturated carbocycles. The molecule has 2 N–H and O–H groups in total. The monoisotopic (exact) mass is 270 g/mol. The van der Waals surface area contributed by atoms with Gasteiger partial charge in [-0.15, -0.1) is 0 Å². The lowest BCUT2D eigenvalue weighted by atomic mass is 9.70. The van der Waals surface area contributed by atoms with Gasteiger partial charge in [-0.25, -0.2) is 0 Å². The highest BCUT2D eigenvalue weighted by molar-refractivity contribution is 5.62. The van der Waals surface area contributed by atoms with Gasteiger partial charge in [-0.1, -0.05) is 43.6 Å². The van der Waals surface area contributed by atoms with Crippen molar-refractivity contribution in [3.05, 3.63) is 35.9 Å². The molecule has 2 aromatic rings. The van der Waals surface area contributed by atoms with E-state index in [2.05, 4.69) is 43.3 Å². The number of hydrogen-bond donors (Lipinski definition) is 1. The number of nitrogens with zero attached hydrogens (tertiary/aromatic N) is 1. The van der Waals surface area contributed by atoms with Gasteiger partial charge in [0.15, 0.2) is 0 Å². The smallest absolute Gasteiger partial charge is 0.222 e. The largest absolute Gasteiger partial charge is 0.368 e. The van der Waals surface area contributed by atoms with Crippen LogP contribution in [-0.4, -0.2) is 5.16 Å². The van der Waals surface area contributed by atoms with Gasteiger partial charge >= 0.3 is 0 Å². The van der Waals surface area contributed by atoms with Crippen molar-refractivity contribution in [1.29, 1.82) is 0 Å². The maximum atomic E-state index is 5.60. The minimum atomic E-state index is 0.365. The van der Waals surface area contributed by atoms with Gasteiger partial charge in [-0.3, -0.25) is 0 Å². The van der Waals surface area contributed by atoms with Gasteiger partial charge < -0.3 is 10.3 Å². The molecule has 1 aliphatic carbocycles. The fraction of sp³-hybridized carbons (Fsp3) is 0.471. The summed E-state index contributed by atoms with van der Waals surface area (Å²) >= 11 is 0. The first-order valence-corrected chi connectivity index (χ1v) is 7.36. The van der Waals surface area contributed by atoms with Crippen LogP contribution in [0.1, 0.15) is 51.0 Å². The molecule has 0 spiro atoms. The summed E-state index contributed by atoms with van der Waals surface area (Å²) in [5.41, 5.74) is 9.38. The fourth-order valence-corrected chi connectivity index (χ4v) is 3.36. The molecule has 3 rings (SSSR count). The number of nitrogen functional groups attached to an aromatic ring is 1. The number of aromatic nitrogens is 1. The molecule has 3 nitrogen and oxygen atoms in total. The zero-order valence-corrected chi connectivity index (χ0v) is 12.2. The minimum Gasteiger partial charge on any atom is -0.368 e. The summed E-state index contributed by atoms with van der Waals surface area (Å²) in [5.74, 6) is 1.02. The lowest BCUT2D eigenvalue weighted by Crippen LogP contribution is -2.21. The van der Waals surface area contributed by atoms with Gasteiger partial charge in [0.2, 0.25) is 5.88 Å². The lowest BCUT2D eigenvalue weighted by Gasteiger charge is -2.35. The predicted octanol–water partition coefficient (Wildman–Crippen LogP) is 4.61. The maximum Gasteiger partial charge on any atom is 0.222 e. The Morgan fingerprint density at radius 2 is 2.15 bits per heavy atom. The number of anilines is 1. The predicted molar refractivity (Wildman–Crippen MR) is 81.3 cm³/mol. The van der Waals surface area contributed by atoms with Crippen LogP contribution in [0.2, 0.25) is 0 Å². The van der Waals surface area contributed by atoms with E-state index in [-0.39, 0.29) is 0 Å². The van der Waals surface area contributed by atoms with Crippen molar-refractivity contribution in [3.63, 3.8) is 0 Å². The van der Waals surface area contributed by atoms with Crippen molar-refractivity contribution >= 4 is 5.88 Å². The van der Waals surface area contributed by atoms with Gasteiger partial charge in [-0.05, 0) is 42.2 Å². The normalized spacial score (nSPS) is 21.8. The Morgan fingerprint density at radius 1 is 1.30 bits per heavy atom. The second-order valence-electron chi connectivity index (χ2n) is 6.70. The van der Waals surface area contributed by atoms with Gasteiger partial charge in [-0.2, -0.15) is 0 Å². The van der Waals surface area contributed by atoms with Crippen molar-refractivity contribution in [1.82, 2.24) is 5.16 Å². The number of rotatable bonds is 2. The van der Waals surface area contributed by atoms with Crippen LogP contribution in [0.3, 0.4) is 0 Å². The Morgan fingerprint density at radius 3 is 2.85 bits per heavy atom. The first kappa shape index (κ1) is 13.2. The molecule has 0 saturated heterocycles. The molecule has 1 atom stereocenters. The van der Waals surface area contributed by atoms with E-state index in [0.29, 0.717) is 17.2 Å². The van der Waals surface area contributed by atoms with Crippen molar-refractivity contribution in [2.75, 3.05) is 5.73 Å². The van der Waals surface area contributed by atoms with Crippen LogP contribution in [0.4, 0.5) is 5.88 Å². The van der Waals surface area contributed by atoms with Crippen molar-refractivity contribution in [2.45, 2.75) is 45.4 Å². The van der Waals surface area contributed by atoms with Crippen LogP contribution in [0.25, 0.3) is 11.3 Å². The average molecular weight is 270 g/mol. The molecule has 0 bridgehead atoms. The zero-order valence-electron chi connectivity index (χ0n) is 12.2. The Kier molecular flexibility index (Phi) is 3.28. The first-order valence-electron chi connectivity index (χ1n) is 7.36. The Bertz CT molecular complexity index is 601. The lowest BCUT2D eigenvalue weighted by molar-refractivity contribution is 0.219. The molecule has 106 valence electrons. The van der Waals surface area contributed by atoms with Crippen molar-refractivity contribution in [3.8, 4) is 11.3 Å². The molecule has 1 aliphatic rings. The Balaban J connectivity index is 1.88. The van der Waals surface area contributed by atoms with Crippen LogP contribution in [-0.2, 0) is 0 Å². The Hall–Kier alpha value is -1.77. The number of hydrogen-bond acceptors (Lipinski definition) is 3. The zero-order chi connectivity index (χ0) is 14.2. The highest BCUT2D eigenvalue weighted by atomic mass is 16.5. The minimum absolute atomic E-state index is 0.365. The quantitative estimate of drug-likeness (QED) is 0.867. The first-order chi connectivity index (χ1) is 9.53. The van der Waals surface area contributed by atoms with E-state index in [1.54, 1.807) is 6.07 Å². The summed E-state index contributed by atoms with van der Waals surface area (Å²) in [6.45, 7) is 4.75. The Labute approximate surface area is 120 Å². The summed E-state index contributed by atoms with van der Waals surface area (Å²) < 4.78 is 4.97. The molecular weight excluding hydrogens is 248 g/mol. The molecule has 0 radical (unpaired) electrons. The fourth-order valence-electron chi connectivity index (χ4n) is 3.36. The van der Waals surface area contributed by atoms with E-state index in [1.807, 2.05) is 0 Å². The topological polar surface area (TPSA) is 52.0 Å².